The van der Waals surface area contributed by atoms with Crippen molar-refractivity contribution in [3.8, 4) is 11.5 Å². The molecule has 1 aromatic carbocycles. The maximum atomic E-state index is 12.1. The van der Waals surface area contributed by atoms with E-state index in [4.69, 9.17) is 9.47 Å². The Morgan fingerprint density at radius 2 is 2.00 bits per heavy atom. The Bertz CT molecular complexity index is 573. The van der Waals surface area contributed by atoms with Gasteiger partial charge in [-0.25, -0.2) is 0 Å². The number of imide groups is 1. The smallest absolute Gasteiger partial charge is 0.252 e. The summed E-state index contributed by atoms with van der Waals surface area (Å²) >= 11 is 0. The van der Waals surface area contributed by atoms with Crippen molar-refractivity contribution in [2.24, 2.45) is 0 Å². The number of rotatable bonds is 3. The highest BCUT2D eigenvalue weighted by atomic mass is 16.5. The first-order chi connectivity index (χ1) is 10.2. The summed E-state index contributed by atoms with van der Waals surface area (Å²) in [7, 11) is 0. The second kappa shape index (κ2) is 5.63. The van der Waals surface area contributed by atoms with E-state index < -0.39 is 6.04 Å². The van der Waals surface area contributed by atoms with Gasteiger partial charge in [-0.3, -0.25) is 14.5 Å². The number of likely N-dealkylation sites (tertiary alicyclic amines) is 1. The van der Waals surface area contributed by atoms with Crippen molar-refractivity contribution in [3.63, 3.8) is 0 Å². The average molecular weight is 290 g/mol. The van der Waals surface area contributed by atoms with E-state index in [0.717, 1.165) is 12.1 Å². The summed E-state index contributed by atoms with van der Waals surface area (Å²) in [4.78, 5) is 25.1. The Morgan fingerprint density at radius 1 is 1.24 bits per heavy atom. The quantitative estimate of drug-likeness (QED) is 0.852. The molecule has 1 saturated heterocycles. The lowest BCUT2D eigenvalue weighted by Gasteiger charge is -2.15. The van der Waals surface area contributed by atoms with Crippen LogP contribution in [0.1, 0.15) is 19.8 Å². The third-order valence-corrected chi connectivity index (χ3v) is 3.65. The molecule has 0 bridgehead atoms. The molecule has 0 spiro atoms. The van der Waals surface area contributed by atoms with Gasteiger partial charge in [0.05, 0.1) is 19.6 Å². The summed E-state index contributed by atoms with van der Waals surface area (Å²) in [6, 6.07) is 4.97. The largest absolute Gasteiger partial charge is 0.490 e. The zero-order valence-electron chi connectivity index (χ0n) is 11.9. The lowest BCUT2D eigenvalue weighted by molar-refractivity contribution is -0.138. The van der Waals surface area contributed by atoms with Crippen LogP contribution < -0.4 is 14.8 Å². The molecule has 1 fully saturated rings. The first-order valence-corrected chi connectivity index (χ1v) is 7.19. The van der Waals surface area contributed by atoms with Gasteiger partial charge >= 0.3 is 0 Å². The van der Waals surface area contributed by atoms with Gasteiger partial charge in [-0.15, -0.1) is 0 Å². The van der Waals surface area contributed by atoms with E-state index in [2.05, 4.69) is 5.32 Å². The zero-order chi connectivity index (χ0) is 14.8. The van der Waals surface area contributed by atoms with Crippen molar-refractivity contribution in [1.82, 2.24) is 4.90 Å². The number of fused-ring (bicyclic) bond motifs is 1. The number of nitrogens with one attached hydrogen (secondary N) is 1. The number of hydrogen-bond acceptors (Lipinski definition) is 5. The van der Waals surface area contributed by atoms with Crippen molar-refractivity contribution in [2.75, 3.05) is 25.1 Å². The molecule has 1 aromatic rings. The molecular weight excluding hydrogens is 272 g/mol. The first kappa shape index (κ1) is 13.7. The highest BCUT2D eigenvalue weighted by Crippen LogP contribution is 2.33. The molecule has 6 nitrogen and oxygen atoms in total. The van der Waals surface area contributed by atoms with Gasteiger partial charge in [0, 0.05) is 24.7 Å². The molecule has 2 aliphatic heterocycles. The van der Waals surface area contributed by atoms with Gasteiger partial charge < -0.3 is 14.8 Å². The van der Waals surface area contributed by atoms with Crippen LogP contribution in [0.25, 0.3) is 0 Å². The maximum absolute atomic E-state index is 12.1. The maximum Gasteiger partial charge on any atom is 0.252 e. The molecule has 112 valence electrons. The summed E-state index contributed by atoms with van der Waals surface area (Å²) in [6.07, 6.45) is 1.04. The van der Waals surface area contributed by atoms with Gasteiger partial charge in [-0.1, -0.05) is 0 Å². The normalized spacial score (nSPS) is 21.4. The third-order valence-electron chi connectivity index (χ3n) is 3.65. The van der Waals surface area contributed by atoms with Crippen LogP contribution in [0, 0.1) is 0 Å². The zero-order valence-corrected chi connectivity index (χ0v) is 11.9. The molecule has 0 aliphatic carbocycles. The minimum Gasteiger partial charge on any atom is -0.490 e. The second-order valence-corrected chi connectivity index (χ2v) is 5.09. The van der Waals surface area contributed by atoms with Gasteiger partial charge in [0.15, 0.2) is 11.5 Å². The van der Waals surface area contributed by atoms with Crippen molar-refractivity contribution in [3.05, 3.63) is 18.2 Å². The molecule has 21 heavy (non-hydrogen) atoms. The van der Waals surface area contributed by atoms with E-state index in [0.29, 0.717) is 31.3 Å². The molecule has 1 atom stereocenters. The van der Waals surface area contributed by atoms with Crippen molar-refractivity contribution in [2.45, 2.75) is 25.8 Å². The minimum absolute atomic E-state index is 0.130. The highest BCUT2D eigenvalue weighted by Gasteiger charge is 2.37. The van der Waals surface area contributed by atoms with E-state index in [1.54, 1.807) is 6.92 Å². The second-order valence-electron chi connectivity index (χ2n) is 5.09. The number of carbonyl (C=O) groups excluding carboxylic acids is 2. The van der Waals surface area contributed by atoms with E-state index in [-0.39, 0.29) is 18.2 Å². The topological polar surface area (TPSA) is 67.9 Å². The highest BCUT2D eigenvalue weighted by molar-refractivity contribution is 6.06. The lowest BCUT2D eigenvalue weighted by atomic mass is 10.2. The van der Waals surface area contributed by atoms with Crippen LogP contribution in [-0.2, 0) is 9.59 Å². The van der Waals surface area contributed by atoms with E-state index >= 15 is 0 Å². The van der Waals surface area contributed by atoms with Crippen LogP contribution in [0.2, 0.25) is 0 Å². The summed E-state index contributed by atoms with van der Waals surface area (Å²) in [5.74, 6) is 1.08. The van der Waals surface area contributed by atoms with Crippen LogP contribution in [0.15, 0.2) is 18.2 Å². The Hall–Kier alpha value is -2.24. The summed E-state index contributed by atoms with van der Waals surface area (Å²) < 4.78 is 11.2. The number of hydrogen-bond donors (Lipinski definition) is 1. The fourth-order valence-corrected chi connectivity index (χ4v) is 2.58. The Labute approximate surface area is 123 Å². The first-order valence-electron chi connectivity index (χ1n) is 7.19. The van der Waals surface area contributed by atoms with Gasteiger partial charge in [0.1, 0.15) is 6.04 Å². The Morgan fingerprint density at radius 3 is 2.71 bits per heavy atom. The average Bonchev–Trinajstić information content (AvgIpc) is 2.66. The molecule has 3 rings (SSSR count). The molecule has 0 aromatic heterocycles. The Balaban J connectivity index is 1.75. The molecular formula is C15H18N2O4. The number of nitrogens with zero attached hydrogens (tertiary/aromatic N) is 1. The number of likely N-dealkylation sites (N-methyl/N-ethyl adjacent to an activating group) is 1. The Kier molecular flexibility index (Phi) is 3.68. The third kappa shape index (κ3) is 2.66. The molecule has 2 heterocycles. The van der Waals surface area contributed by atoms with E-state index in [9.17, 15) is 9.59 Å². The summed E-state index contributed by atoms with van der Waals surface area (Å²) in [5.41, 5.74) is 0.753. The van der Waals surface area contributed by atoms with Gasteiger partial charge in [0.2, 0.25) is 5.91 Å². The van der Waals surface area contributed by atoms with Crippen LogP contribution >= 0.6 is 0 Å². The number of benzene rings is 1. The molecule has 2 aliphatic rings. The van der Waals surface area contributed by atoms with Crippen molar-refractivity contribution >= 4 is 17.5 Å². The molecule has 6 heteroatoms. The minimum atomic E-state index is -0.498. The predicted molar refractivity (Wildman–Crippen MR) is 76.5 cm³/mol. The van der Waals surface area contributed by atoms with Crippen molar-refractivity contribution in [1.29, 1.82) is 0 Å². The molecule has 1 unspecified atom stereocenters. The van der Waals surface area contributed by atoms with Gasteiger partial charge in [-0.05, 0) is 19.1 Å². The van der Waals surface area contributed by atoms with Crippen LogP contribution in [0.3, 0.4) is 0 Å². The SMILES string of the molecule is CCN1C(=O)CC(Nc2ccc3c(c2)OCCCO3)C1=O. The van der Waals surface area contributed by atoms with Gasteiger partial charge in [-0.2, -0.15) is 0 Å². The molecule has 2 amide bonds. The number of ether oxygens (including phenoxy) is 2. The van der Waals surface area contributed by atoms with Gasteiger partial charge in [0.25, 0.3) is 5.91 Å². The predicted octanol–water partition coefficient (Wildman–Crippen LogP) is 1.41. The van der Waals surface area contributed by atoms with Crippen molar-refractivity contribution < 1.29 is 19.1 Å². The summed E-state index contributed by atoms with van der Waals surface area (Å²) in [5, 5.41) is 3.11. The summed E-state index contributed by atoms with van der Waals surface area (Å²) in [6.45, 7) is 3.46. The van der Waals surface area contributed by atoms with E-state index in [1.165, 1.54) is 4.90 Å². The molecule has 1 N–H and O–H groups in total. The number of carbonyl (C=O) groups is 2. The number of anilines is 1. The van der Waals surface area contributed by atoms with Crippen LogP contribution in [0.4, 0.5) is 5.69 Å². The molecule has 0 radical (unpaired) electrons. The number of amides is 2. The van der Waals surface area contributed by atoms with Crippen LogP contribution in [0.5, 0.6) is 11.5 Å². The molecule has 0 saturated carbocycles. The fraction of sp³-hybridized carbons (Fsp3) is 0.467. The van der Waals surface area contributed by atoms with Crippen LogP contribution in [-0.4, -0.2) is 42.5 Å². The van der Waals surface area contributed by atoms with E-state index in [1.807, 2.05) is 18.2 Å². The monoisotopic (exact) mass is 290 g/mol. The fourth-order valence-electron chi connectivity index (χ4n) is 2.58. The standard InChI is InChI=1S/C15H18N2O4/c1-2-17-14(18)9-11(15(17)19)16-10-4-5-12-13(8-10)21-7-3-6-20-12/h4-5,8,11,16H,2-3,6-7,9H2,1H3. The lowest BCUT2D eigenvalue weighted by Crippen LogP contribution is -2.34.